The molecule has 3 rings (SSSR count). The van der Waals surface area contributed by atoms with Crippen molar-refractivity contribution in [2.24, 2.45) is 0 Å². The molecule has 2 aromatic rings. The molecule has 0 bridgehead atoms. The lowest BCUT2D eigenvalue weighted by atomic mass is 10.2. The SMILES string of the molecule is CN(CC(=O)N1CCc2ccccc21)Cc1nccn1C(F)F. The van der Waals surface area contributed by atoms with Gasteiger partial charge in [-0.05, 0) is 25.1 Å². The number of nitrogens with zero attached hydrogens (tertiary/aromatic N) is 4. The van der Waals surface area contributed by atoms with Crippen LogP contribution in [0.2, 0.25) is 0 Å². The minimum absolute atomic E-state index is 0.0346. The van der Waals surface area contributed by atoms with Gasteiger partial charge in [0.2, 0.25) is 5.91 Å². The molecule has 0 unspecified atom stereocenters. The topological polar surface area (TPSA) is 41.4 Å². The highest BCUT2D eigenvalue weighted by Crippen LogP contribution is 2.27. The molecule has 2 heterocycles. The fourth-order valence-corrected chi connectivity index (χ4v) is 2.85. The quantitative estimate of drug-likeness (QED) is 0.849. The Morgan fingerprint density at radius 1 is 1.39 bits per heavy atom. The molecule has 122 valence electrons. The number of halogens is 2. The minimum Gasteiger partial charge on any atom is -0.311 e. The number of alkyl halides is 2. The molecule has 0 spiro atoms. The van der Waals surface area contributed by atoms with Crippen molar-refractivity contribution in [2.75, 3.05) is 25.0 Å². The van der Waals surface area contributed by atoms with Crippen LogP contribution < -0.4 is 4.90 Å². The first-order valence-corrected chi connectivity index (χ1v) is 7.43. The summed E-state index contributed by atoms with van der Waals surface area (Å²) in [6.07, 6.45) is 3.43. The summed E-state index contributed by atoms with van der Waals surface area (Å²) in [5.74, 6) is 0.213. The number of benzene rings is 1. The van der Waals surface area contributed by atoms with Gasteiger partial charge in [-0.2, -0.15) is 8.78 Å². The molecule has 0 atom stereocenters. The smallest absolute Gasteiger partial charge is 0.311 e. The third-order valence-corrected chi connectivity index (χ3v) is 3.96. The molecule has 5 nitrogen and oxygen atoms in total. The molecule has 1 amide bonds. The van der Waals surface area contributed by atoms with E-state index in [-0.39, 0.29) is 24.8 Å². The predicted octanol–water partition coefficient (Wildman–Crippen LogP) is 2.30. The van der Waals surface area contributed by atoms with Crippen LogP contribution in [0.3, 0.4) is 0 Å². The zero-order valence-corrected chi connectivity index (χ0v) is 12.8. The van der Waals surface area contributed by atoms with Gasteiger partial charge in [-0.3, -0.25) is 14.3 Å². The number of rotatable bonds is 5. The third kappa shape index (κ3) is 3.24. The lowest BCUT2D eigenvalue weighted by Crippen LogP contribution is -2.38. The molecule has 7 heteroatoms. The minimum atomic E-state index is -2.62. The van der Waals surface area contributed by atoms with Crippen molar-refractivity contribution < 1.29 is 13.6 Å². The Bertz CT molecular complexity index is 701. The summed E-state index contributed by atoms with van der Waals surface area (Å²) in [4.78, 5) is 19.9. The van der Waals surface area contributed by atoms with Gasteiger partial charge in [-0.15, -0.1) is 0 Å². The Morgan fingerprint density at radius 2 is 2.17 bits per heavy atom. The van der Waals surface area contributed by atoms with Gasteiger partial charge in [0, 0.05) is 24.6 Å². The first kappa shape index (κ1) is 15.6. The van der Waals surface area contributed by atoms with Crippen LogP contribution in [-0.4, -0.2) is 40.5 Å². The zero-order chi connectivity index (χ0) is 16.4. The summed E-state index contributed by atoms with van der Waals surface area (Å²) in [6.45, 7) is -1.61. The van der Waals surface area contributed by atoms with Crippen molar-refractivity contribution in [3.8, 4) is 0 Å². The highest BCUT2D eigenvalue weighted by Gasteiger charge is 2.25. The van der Waals surface area contributed by atoms with E-state index in [9.17, 15) is 13.6 Å². The van der Waals surface area contributed by atoms with Crippen molar-refractivity contribution in [3.05, 3.63) is 48.0 Å². The molecule has 0 fully saturated rings. The van der Waals surface area contributed by atoms with Crippen LogP contribution >= 0.6 is 0 Å². The summed E-state index contributed by atoms with van der Waals surface area (Å²) in [6, 6.07) is 7.83. The van der Waals surface area contributed by atoms with E-state index in [1.165, 1.54) is 12.4 Å². The van der Waals surface area contributed by atoms with Gasteiger partial charge in [0.25, 0.3) is 0 Å². The van der Waals surface area contributed by atoms with Gasteiger partial charge in [0.1, 0.15) is 5.82 Å². The van der Waals surface area contributed by atoms with Crippen LogP contribution in [0.4, 0.5) is 14.5 Å². The van der Waals surface area contributed by atoms with Crippen LogP contribution in [0.15, 0.2) is 36.7 Å². The molecule has 1 aromatic heterocycles. The van der Waals surface area contributed by atoms with E-state index in [2.05, 4.69) is 4.98 Å². The molecule has 1 aliphatic rings. The highest BCUT2D eigenvalue weighted by atomic mass is 19.3. The Kier molecular flexibility index (Phi) is 4.38. The number of aromatic nitrogens is 2. The second-order valence-electron chi connectivity index (χ2n) is 5.62. The summed E-state index contributed by atoms with van der Waals surface area (Å²) < 4.78 is 26.4. The maximum absolute atomic E-state index is 12.8. The number of hydrogen-bond donors (Lipinski definition) is 0. The maximum atomic E-state index is 12.8. The summed E-state index contributed by atoms with van der Waals surface area (Å²) in [5.41, 5.74) is 2.11. The average Bonchev–Trinajstić information content (AvgIpc) is 3.13. The molecule has 1 aliphatic heterocycles. The molecule has 0 saturated carbocycles. The largest absolute Gasteiger partial charge is 0.319 e. The maximum Gasteiger partial charge on any atom is 0.319 e. The van der Waals surface area contributed by atoms with E-state index in [4.69, 9.17) is 0 Å². The van der Waals surface area contributed by atoms with Gasteiger partial charge in [0.05, 0.1) is 13.1 Å². The third-order valence-electron chi connectivity index (χ3n) is 3.96. The molecule has 0 radical (unpaired) electrons. The molecule has 1 aromatic carbocycles. The Morgan fingerprint density at radius 3 is 2.96 bits per heavy atom. The van der Waals surface area contributed by atoms with Crippen molar-refractivity contribution in [2.45, 2.75) is 19.5 Å². The van der Waals surface area contributed by atoms with Crippen molar-refractivity contribution in [3.63, 3.8) is 0 Å². The Hall–Kier alpha value is -2.28. The van der Waals surface area contributed by atoms with E-state index in [1.807, 2.05) is 24.3 Å². The summed E-state index contributed by atoms with van der Waals surface area (Å²) in [5, 5.41) is 0. The summed E-state index contributed by atoms with van der Waals surface area (Å²) >= 11 is 0. The average molecular weight is 320 g/mol. The fourth-order valence-electron chi connectivity index (χ4n) is 2.85. The van der Waals surface area contributed by atoms with E-state index < -0.39 is 6.55 Å². The second kappa shape index (κ2) is 6.45. The van der Waals surface area contributed by atoms with Crippen molar-refractivity contribution >= 4 is 11.6 Å². The standard InChI is InChI=1S/C16H18F2N4O/c1-20(10-14-19-7-9-22(14)16(17)18)11-15(23)21-8-6-12-4-2-3-5-13(12)21/h2-5,7,9,16H,6,8,10-11H2,1H3. The monoisotopic (exact) mass is 320 g/mol. The fraction of sp³-hybridized carbons (Fsp3) is 0.375. The van der Waals surface area contributed by atoms with Crippen LogP contribution in [0.5, 0.6) is 0 Å². The number of carbonyl (C=O) groups is 1. The highest BCUT2D eigenvalue weighted by molar-refractivity contribution is 5.96. The number of likely N-dealkylation sites (N-methyl/N-ethyl adjacent to an activating group) is 1. The number of para-hydroxylation sites is 1. The van der Waals surface area contributed by atoms with Crippen LogP contribution in [0.25, 0.3) is 0 Å². The zero-order valence-electron chi connectivity index (χ0n) is 12.8. The van der Waals surface area contributed by atoms with Gasteiger partial charge < -0.3 is 4.90 Å². The number of hydrogen-bond acceptors (Lipinski definition) is 3. The Labute approximate surface area is 133 Å². The van der Waals surface area contributed by atoms with Crippen molar-refractivity contribution in [1.29, 1.82) is 0 Å². The van der Waals surface area contributed by atoms with E-state index in [1.54, 1.807) is 16.8 Å². The second-order valence-corrected chi connectivity index (χ2v) is 5.62. The number of anilines is 1. The predicted molar refractivity (Wildman–Crippen MR) is 82.3 cm³/mol. The van der Waals surface area contributed by atoms with Crippen molar-refractivity contribution in [1.82, 2.24) is 14.5 Å². The van der Waals surface area contributed by atoms with Crippen LogP contribution in [0.1, 0.15) is 17.9 Å². The van der Waals surface area contributed by atoms with Gasteiger partial charge in [-0.1, -0.05) is 18.2 Å². The van der Waals surface area contributed by atoms with Crippen LogP contribution in [-0.2, 0) is 17.8 Å². The number of imidazole rings is 1. The lowest BCUT2D eigenvalue weighted by molar-refractivity contribution is -0.119. The molecular formula is C16H18F2N4O. The van der Waals surface area contributed by atoms with Crippen LogP contribution in [0, 0.1) is 0 Å². The summed E-state index contributed by atoms with van der Waals surface area (Å²) in [7, 11) is 1.73. The number of carbonyl (C=O) groups excluding carboxylic acids is 1. The molecule has 0 N–H and O–H groups in total. The van der Waals surface area contributed by atoms with Gasteiger partial charge >= 0.3 is 6.55 Å². The first-order valence-electron chi connectivity index (χ1n) is 7.43. The van der Waals surface area contributed by atoms with E-state index in [0.717, 1.165) is 22.2 Å². The van der Waals surface area contributed by atoms with E-state index in [0.29, 0.717) is 6.54 Å². The molecular weight excluding hydrogens is 302 g/mol. The lowest BCUT2D eigenvalue weighted by Gasteiger charge is -2.22. The number of amides is 1. The molecule has 0 saturated heterocycles. The van der Waals surface area contributed by atoms with Gasteiger partial charge in [-0.25, -0.2) is 4.98 Å². The molecule has 0 aliphatic carbocycles. The number of fused-ring (bicyclic) bond motifs is 1. The van der Waals surface area contributed by atoms with E-state index >= 15 is 0 Å². The first-order chi connectivity index (χ1) is 11.1. The normalized spacial score (nSPS) is 13.9. The van der Waals surface area contributed by atoms with Gasteiger partial charge in [0.15, 0.2) is 0 Å². The Balaban J connectivity index is 1.63. The molecule has 23 heavy (non-hydrogen) atoms.